The summed E-state index contributed by atoms with van der Waals surface area (Å²) in [5.74, 6) is 0.205. The Morgan fingerprint density at radius 3 is 2.63 bits per heavy atom. The summed E-state index contributed by atoms with van der Waals surface area (Å²) in [6, 6.07) is 5.43. The largest absolute Gasteiger partial charge is 0.479 e. The van der Waals surface area contributed by atoms with Gasteiger partial charge in [-0.15, -0.1) is 0 Å². The Hall–Kier alpha value is -2.56. The smallest absolute Gasteiger partial charge is 0.339 e. The van der Waals surface area contributed by atoms with Gasteiger partial charge in [0.1, 0.15) is 11.3 Å². The van der Waals surface area contributed by atoms with Crippen molar-refractivity contribution in [2.75, 3.05) is 32.7 Å². The van der Waals surface area contributed by atoms with Crippen molar-refractivity contribution in [2.45, 2.75) is 39.7 Å². The number of nitrogens with zero attached hydrogens (tertiary/aromatic N) is 3. The molecule has 1 aliphatic heterocycles. The van der Waals surface area contributed by atoms with Crippen molar-refractivity contribution in [3.8, 4) is 11.8 Å². The number of halogens is 1. The fourth-order valence-electron chi connectivity index (χ4n) is 3.61. The van der Waals surface area contributed by atoms with Gasteiger partial charge < -0.3 is 14.1 Å². The Morgan fingerprint density at radius 1 is 1.27 bits per heavy atom. The van der Waals surface area contributed by atoms with E-state index in [4.69, 9.17) is 26.0 Å². The highest BCUT2D eigenvalue weighted by molar-refractivity contribution is 6.32. The van der Waals surface area contributed by atoms with Gasteiger partial charge in [-0.05, 0) is 45.4 Å². The van der Waals surface area contributed by atoms with Crippen molar-refractivity contribution in [3.63, 3.8) is 0 Å². The van der Waals surface area contributed by atoms with Gasteiger partial charge >= 0.3 is 5.63 Å². The molecule has 1 unspecified atom stereocenters. The Balaban J connectivity index is 1.66. The van der Waals surface area contributed by atoms with Crippen LogP contribution >= 0.6 is 11.6 Å². The third kappa shape index (κ3) is 4.77. The Kier molecular flexibility index (Phi) is 7.01. The number of carbonyl (C=O) groups excluding carboxylic acids is 1. The van der Waals surface area contributed by atoms with Gasteiger partial charge in [-0.25, -0.2) is 4.79 Å². The number of ether oxygens (including phenoxy) is 1. The molecule has 0 spiro atoms. The maximum atomic E-state index is 12.8. The number of amides is 1. The first kappa shape index (κ1) is 22.1. The van der Waals surface area contributed by atoms with Gasteiger partial charge in [0, 0.05) is 49.6 Å². The highest BCUT2D eigenvalue weighted by Gasteiger charge is 2.26. The second-order valence-electron chi connectivity index (χ2n) is 7.61. The molecule has 0 saturated carbocycles. The van der Waals surface area contributed by atoms with Crippen LogP contribution in [0.1, 0.15) is 30.9 Å². The number of piperazine rings is 1. The molecule has 0 N–H and O–H groups in total. The van der Waals surface area contributed by atoms with Crippen LogP contribution in [0.25, 0.3) is 11.0 Å². The van der Waals surface area contributed by atoms with Gasteiger partial charge in [0.2, 0.25) is 0 Å². The van der Waals surface area contributed by atoms with Crippen molar-refractivity contribution in [1.82, 2.24) is 9.80 Å². The van der Waals surface area contributed by atoms with Crippen molar-refractivity contribution in [2.24, 2.45) is 0 Å². The molecule has 1 fully saturated rings. The summed E-state index contributed by atoms with van der Waals surface area (Å²) < 4.78 is 11.2. The van der Waals surface area contributed by atoms with Crippen LogP contribution in [-0.4, -0.2) is 54.5 Å². The number of unbranched alkanes of at least 4 members (excludes halogenated alkanes) is 1. The van der Waals surface area contributed by atoms with Crippen LogP contribution in [-0.2, 0) is 4.79 Å². The quantitative estimate of drug-likeness (QED) is 0.515. The number of aryl methyl sites for hydroxylation is 1. The molecule has 2 aromatic rings. The second kappa shape index (κ2) is 9.50. The van der Waals surface area contributed by atoms with Crippen LogP contribution in [0, 0.1) is 25.2 Å². The first-order chi connectivity index (χ1) is 14.3. The number of hydrogen-bond donors (Lipinski definition) is 0. The Labute approximate surface area is 180 Å². The molecule has 7 nitrogen and oxygen atoms in total. The SMILES string of the molecule is Cc1c(C)c2cc(Cl)c(OC(C)C(=O)N3CCN(CCCC#N)CC3)cc2oc1=O. The first-order valence-corrected chi connectivity index (χ1v) is 10.5. The molecular formula is C22H26ClN3O4. The molecule has 0 radical (unpaired) electrons. The molecule has 1 aromatic carbocycles. The van der Waals surface area contributed by atoms with Crippen molar-refractivity contribution in [3.05, 3.63) is 38.7 Å². The minimum Gasteiger partial charge on any atom is -0.479 e. The second-order valence-corrected chi connectivity index (χ2v) is 8.01. The monoisotopic (exact) mass is 431 g/mol. The van der Waals surface area contributed by atoms with E-state index < -0.39 is 11.7 Å². The van der Waals surface area contributed by atoms with E-state index in [1.165, 1.54) is 0 Å². The molecule has 30 heavy (non-hydrogen) atoms. The first-order valence-electron chi connectivity index (χ1n) is 10.1. The molecule has 1 saturated heterocycles. The van der Waals surface area contributed by atoms with E-state index in [0.29, 0.717) is 41.4 Å². The zero-order chi connectivity index (χ0) is 21.8. The Bertz CT molecular complexity index is 1040. The predicted molar refractivity (Wildman–Crippen MR) is 115 cm³/mol. The van der Waals surface area contributed by atoms with E-state index in [1.54, 1.807) is 30.9 Å². The van der Waals surface area contributed by atoms with E-state index in [1.807, 2.05) is 6.92 Å². The van der Waals surface area contributed by atoms with Crippen molar-refractivity contribution >= 4 is 28.5 Å². The molecule has 1 atom stereocenters. The molecular weight excluding hydrogens is 406 g/mol. The predicted octanol–water partition coefficient (Wildman–Crippen LogP) is 3.28. The summed E-state index contributed by atoms with van der Waals surface area (Å²) in [4.78, 5) is 28.8. The maximum absolute atomic E-state index is 12.8. The number of carbonyl (C=O) groups is 1. The van der Waals surface area contributed by atoms with Crippen LogP contribution in [0.2, 0.25) is 5.02 Å². The Morgan fingerprint density at radius 2 is 1.97 bits per heavy atom. The zero-order valence-corrected chi connectivity index (χ0v) is 18.3. The lowest BCUT2D eigenvalue weighted by Gasteiger charge is -2.35. The minimum atomic E-state index is -0.719. The van der Waals surface area contributed by atoms with Gasteiger partial charge in [0.05, 0.1) is 11.1 Å². The van der Waals surface area contributed by atoms with Gasteiger partial charge in [0.15, 0.2) is 6.10 Å². The van der Waals surface area contributed by atoms with Crippen molar-refractivity contribution < 1.29 is 13.9 Å². The minimum absolute atomic E-state index is 0.107. The topological polar surface area (TPSA) is 86.8 Å². The van der Waals surface area contributed by atoms with Gasteiger partial charge in [-0.1, -0.05) is 11.6 Å². The van der Waals surface area contributed by atoms with Gasteiger partial charge in [-0.3, -0.25) is 9.69 Å². The average molecular weight is 432 g/mol. The van der Waals surface area contributed by atoms with E-state index in [0.717, 1.165) is 37.0 Å². The average Bonchev–Trinajstić information content (AvgIpc) is 2.73. The number of fused-ring (bicyclic) bond motifs is 1. The normalized spacial score (nSPS) is 15.8. The maximum Gasteiger partial charge on any atom is 0.339 e. The third-order valence-corrected chi connectivity index (χ3v) is 5.90. The number of benzene rings is 1. The molecule has 8 heteroatoms. The number of nitriles is 1. The molecule has 0 bridgehead atoms. The lowest BCUT2D eigenvalue weighted by atomic mass is 10.1. The molecule has 0 aliphatic carbocycles. The zero-order valence-electron chi connectivity index (χ0n) is 17.5. The van der Waals surface area contributed by atoms with Gasteiger partial charge in [0.25, 0.3) is 5.91 Å². The number of rotatable bonds is 6. The fraction of sp³-hybridized carbons (Fsp3) is 0.500. The van der Waals surface area contributed by atoms with Crippen LogP contribution in [0.15, 0.2) is 21.3 Å². The highest BCUT2D eigenvalue weighted by atomic mass is 35.5. The van der Waals surface area contributed by atoms with E-state index in [-0.39, 0.29) is 5.91 Å². The van der Waals surface area contributed by atoms with Crippen LogP contribution in [0.3, 0.4) is 0 Å². The summed E-state index contributed by atoms with van der Waals surface area (Å²) in [5, 5.41) is 9.75. The highest BCUT2D eigenvalue weighted by Crippen LogP contribution is 2.32. The molecule has 1 aliphatic rings. The van der Waals surface area contributed by atoms with Crippen LogP contribution in [0.4, 0.5) is 0 Å². The summed E-state index contributed by atoms with van der Waals surface area (Å²) in [7, 11) is 0. The van der Waals surface area contributed by atoms with E-state index in [2.05, 4.69) is 11.0 Å². The van der Waals surface area contributed by atoms with Crippen LogP contribution in [0.5, 0.6) is 5.75 Å². The summed E-state index contributed by atoms with van der Waals surface area (Å²) in [6.45, 7) is 8.93. The van der Waals surface area contributed by atoms with Gasteiger partial charge in [-0.2, -0.15) is 5.26 Å². The molecule has 1 aromatic heterocycles. The molecule has 1 amide bonds. The van der Waals surface area contributed by atoms with E-state index in [9.17, 15) is 9.59 Å². The molecule has 3 rings (SSSR count). The van der Waals surface area contributed by atoms with Crippen LogP contribution < -0.4 is 10.4 Å². The summed E-state index contributed by atoms with van der Waals surface area (Å²) >= 11 is 6.38. The molecule has 2 heterocycles. The molecule has 160 valence electrons. The number of hydrogen-bond acceptors (Lipinski definition) is 6. The lowest BCUT2D eigenvalue weighted by molar-refractivity contribution is -0.139. The summed E-state index contributed by atoms with van der Waals surface area (Å²) in [5.41, 5.74) is 1.34. The fourth-order valence-corrected chi connectivity index (χ4v) is 3.81. The standard InChI is InChI=1S/C22H26ClN3O4/c1-14-15(2)22(28)30-19-13-20(18(23)12-17(14)19)29-16(3)21(27)26-10-8-25(9-11-26)7-5-4-6-24/h12-13,16H,4-5,7-11H2,1-3H3. The summed E-state index contributed by atoms with van der Waals surface area (Å²) in [6.07, 6.45) is 0.679. The third-order valence-electron chi connectivity index (χ3n) is 5.61. The van der Waals surface area contributed by atoms with E-state index >= 15 is 0 Å². The lowest BCUT2D eigenvalue weighted by Crippen LogP contribution is -2.52. The van der Waals surface area contributed by atoms with Crippen molar-refractivity contribution in [1.29, 1.82) is 5.26 Å².